The molecule has 0 amide bonds. The van der Waals surface area contributed by atoms with Crippen LogP contribution in [-0.4, -0.2) is 13.9 Å². The maximum absolute atomic E-state index is 9.72. The largest absolute Gasteiger partial charge is 0.496 e. The number of hydrogen-bond acceptors (Lipinski definition) is 4. The molecule has 1 atom stereocenters. The fourth-order valence-electron chi connectivity index (χ4n) is 2.91. The number of rotatable bonds is 5. The lowest BCUT2D eigenvalue weighted by Gasteiger charge is -2.17. The van der Waals surface area contributed by atoms with Crippen LogP contribution >= 0.6 is 0 Å². The first-order valence-corrected chi connectivity index (χ1v) is 8.08. The summed E-state index contributed by atoms with van der Waals surface area (Å²) in [4.78, 5) is 0. The van der Waals surface area contributed by atoms with Gasteiger partial charge in [-0.2, -0.15) is 5.26 Å². The van der Waals surface area contributed by atoms with Gasteiger partial charge < -0.3 is 14.2 Å². The summed E-state index contributed by atoms with van der Waals surface area (Å²) in [7, 11) is 1.64. The second-order valence-electron chi connectivity index (χ2n) is 6.23. The lowest BCUT2D eigenvalue weighted by Crippen LogP contribution is -2.04. The van der Waals surface area contributed by atoms with Gasteiger partial charge in [0, 0.05) is 5.56 Å². The zero-order valence-electron chi connectivity index (χ0n) is 14.2. The van der Waals surface area contributed by atoms with Crippen molar-refractivity contribution in [3.05, 3.63) is 53.1 Å². The molecule has 124 valence electrons. The minimum atomic E-state index is -0.279. The first-order valence-electron chi connectivity index (χ1n) is 8.08. The smallest absolute Gasteiger partial charge is 0.231 e. The van der Waals surface area contributed by atoms with Gasteiger partial charge in [0.05, 0.1) is 19.1 Å². The van der Waals surface area contributed by atoms with Crippen molar-refractivity contribution in [1.29, 1.82) is 5.26 Å². The molecular weight excluding hydrogens is 302 g/mol. The zero-order chi connectivity index (χ0) is 17.1. The number of methoxy groups -OCH3 is 1. The van der Waals surface area contributed by atoms with Crippen molar-refractivity contribution in [2.45, 2.75) is 32.1 Å². The summed E-state index contributed by atoms with van der Waals surface area (Å²) in [6.45, 7) is 4.54. The van der Waals surface area contributed by atoms with E-state index in [1.807, 2.05) is 24.3 Å². The van der Waals surface area contributed by atoms with E-state index >= 15 is 0 Å². The van der Waals surface area contributed by atoms with Crippen molar-refractivity contribution in [2.75, 3.05) is 13.9 Å². The highest BCUT2D eigenvalue weighted by atomic mass is 16.7. The first-order chi connectivity index (χ1) is 11.6. The van der Waals surface area contributed by atoms with E-state index in [1.165, 1.54) is 5.56 Å². The predicted molar refractivity (Wildman–Crippen MR) is 91.7 cm³/mol. The maximum Gasteiger partial charge on any atom is 0.231 e. The fraction of sp³-hybridized carbons (Fsp3) is 0.350. The van der Waals surface area contributed by atoms with Gasteiger partial charge in [0.1, 0.15) is 5.75 Å². The molecule has 0 fully saturated rings. The van der Waals surface area contributed by atoms with Gasteiger partial charge in [-0.05, 0) is 41.7 Å². The van der Waals surface area contributed by atoms with E-state index in [0.717, 1.165) is 28.4 Å². The predicted octanol–water partition coefficient (Wildman–Crippen LogP) is 4.40. The average Bonchev–Trinajstić information content (AvgIpc) is 3.06. The number of ether oxygens (including phenoxy) is 3. The highest BCUT2D eigenvalue weighted by molar-refractivity contribution is 5.47. The van der Waals surface area contributed by atoms with Crippen LogP contribution in [-0.2, 0) is 6.42 Å². The van der Waals surface area contributed by atoms with Crippen LogP contribution in [0, 0.1) is 11.3 Å². The van der Waals surface area contributed by atoms with Crippen LogP contribution in [0.5, 0.6) is 17.2 Å². The molecule has 0 saturated heterocycles. The van der Waals surface area contributed by atoms with Crippen molar-refractivity contribution in [2.24, 2.45) is 0 Å². The minimum Gasteiger partial charge on any atom is -0.496 e. The molecule has 0 saturated carbocycles. The topological polar surface area (TPSA) is 51.5 Å². The van der Waals surface area contributed by atoms with Gasteiger partial charge in [-0.3, -0.25) is 0 Å². The Kier molecular flexibility index (Phi) is 4.61. The average molecular weight is 323 g/mol. The first kappa shape index (κ1) is 16.2. The van der Waals surface area contributed by atoms with E-state index < -0.39 is 0 Å². The summed E-state index contributed by atoms with van der Waals surface area (Å²) in [6.07, 6.45) is 0.602. The highest BCUT2D eigenvalue weighted by Gasteiger charge is 2.20. The normalized spacial score (nSPS) is 13.6. The molecule has 0 N–H and O–H groups in total. The second kappa shape index (κ2) is 6.84. The summed E-state index contributed by atoms with van der Waals surface area (Å²) < 4.78 is 16.2. The van der Waals surface area contributed by atoms with Gasteiger partial charge in [-0.1, -0.05) is 32.0 Å². The fourth-order valence-corrected chi connectivity index (χ4v) is 2.91. The molecule has 2 aromatic carbocycles. The van der Waals surface area contributed by atoms with Gasteiger partial charge >= 0.3 is 0 Å². The molecule has 1 aliphatic rings. The number of nitrogens with zero attached hydrogens (tertiary/aromatic N) is 1. The van der Waals surface area contributed by atoms with E-state index in [-0.39, 0.29) is 12.7 Å². The molecule has 3 rings (SSSR count). The van der Waals surface area contributed by atoms with Gasteiger partial charge in [-0.15, -0.1) is 0 Å². The maximum atomic E-state index is 9.72. The molecule has 0 bridgehead atoms. The Bertz CT molecular complexity index is 777. The van der Waals surface area contributed by atoms with E-state index in [9.17, 15) is 5.26 Å². The van der Waals surface area contributed by atoms with E-state index in [2.05, 4.69) is 32.0 Å². The molecule has 4 heteroatoms. The van der Waals surface area contributed by atoms with Crippen LogP contribution in [0.4, 0.5) is 0 Å². The van der Waals surface area contributed by atoms with Crippen molar-refractivity contribution in [3.63, 3.8) is 0 Å². The Morgan fingerprint density at radius 3 is 2.62 bits per heavy atom. The molecular formula is C20H21NO3. The summed E-state index contributed by atoms with van der Waals surface area (Å²) in [6, 6.07) is 14.4. The lowest BCUT2D eigenvalue weighted by molar-refractivity contribution is 0.174. The van der Waals surface area contributed by atoms with Gasteiger partial charge in [0.25, 0.3) is 0 Å². The minimum absolute atomic E-state index is 0.255. The Balaban J connectivity index is 1.91. The van der Waals surface area contributed by atoms with Crippen molar-refractivity contribution in [3.8, 4) is 23.3 Å². The number of nitriles is 1. The Labute approximate surface area is 142 Å². The van der Waals surface area contributed by atoms with E-state index in [0.29, 0.717) is 12.3 Å². The summed E-state index contributed by atoms with van der Waals surface area (Å²) in [5, 5.41) is 9.72. The van der Waals surface area contributed by atoms with Gasteiger partial charge in [0.15, 0.2) is 11.5 Å². The molecule has 1 heterocycles. The number of hydrogen-bond donors (Lipinski definition) is 0. The molecule has 0 radical (unpaired) electrons. The summed E-state index contributed by atoms with van der Waals surface area (Å²) in [5.41, 5.74) is 3.18. The quantitative estimate of drug-likeness (QED) is 0.818. The van der Waals surface area contributed by atoms with Crippen molar-refractivity contribution in [1.82, 2.24) is 0 Å². The molecule has 0 aromatic heterocycles. The number of benzene rings is 2. The number of fused-ring (bicyclic) bond motifs is 1. The molecule has 24 heavy (non-hydrogen) atoms. The van der Waals surface area contributed by atoms with Crippen LogP contribution < -0.4 is 14.2 Å². The van der Waals surface area contributed by atoms with Crippen LogP contribution in [0.25, 0.3) is 0 Å². The Morgan fingerprint density at radius 2 is 1.92 bits per heavy atom. The molecule has 4 nitrogen and oxygen atoms in total. The van der Waals surface area contributed by atoms with Crippen molar-refractivity contribution >= 4 is 0 Å². The standard InChI is InChI=1S/C20H21NO3/c1-13(2)15-5-7-18(22-3)17(10-15)16(11-21)8-14-4-6-19-20(9-14)24-12-23-19/h4-7,9-10,13,16H,8,12H2,1-3H3. The second-order valence-corrected chi connectivity index (χ2v) is 6.23. The van der Waals surface area contributed by atoms with Crippen LogP contribution in [0.1, 0.15) is 42.4 Å². The molecule has 0 aliphatic carbocycles. The third-order valence-electron chi connectivity index (χ3n) is 4.33. The summed E-state index contributed by atoms with van der Waals surface area (Å²) in [5.74, 6) is 2.38. The lowest BCUT2D eigenvalue weighted by atomic mass is 9.89. The Morgan fingerprint density at radius 1 is 1.12 bits per heavy atom. The summed E-state index contributed by atoms with van der Waals surface area (Å²) >= 11 is 0. The Hall–Kier alpha value is -2.67. The zero-order valence-corrected chi connectivity index (χ0v) is 14.2. The monoisotopic (exact) mass is 323 g/mol. The van der Waals surface area contributed by atoms with Gasteiger partial charge in [0.2, 0.25) is 6.79 Å². The van der Waals surface area contributed by atoms with Crippen molar-refractivity contribution < 1.29 is 14.2 Å². The molecule has 1 unspecified atom stereocenters. The van der Waals surface area contributed by atoms with Gasteiger partial charge in [-0.25, -0.2) is 0 Å². The van der Waals surface area contributed by atoms with E-state index in [4.69, 9.17) is 14.2 Å². The SMILES string of the molecule is COc1ccc(C(C)C)cc1C(C#N)Cc1ccc2c(c1)OCO2. The highest BCUT2D eigenvalue weighted by Crippen LogP contribution is 2.36. The third-order valence-corrected chi connectivity index (χ3v) is 4.33. The molecule has 2 aromatic rings. The van der Waals surface area contributed by atoms with Crippen LogP contribution in [0.2, 0.25) is 0 Å². The molecule has 1 aliphatic heterocycles. The third kappa shape index (κ3) is 3.16. The molecule has 0 spiro atoms. The van der Waals surface area contributed by atoms with Crippen LogP contribution in [0.15, 0.2) is 36.4 Å². The van der Waals surface area contributed by atoms with Crippen LogP contribution in [0.3, 0.4) is 0 Å². The van der Waals surface area contributed by atoms with E-state index in [1.54, 1.807) is 7.11 Å².